The molecule has 5 nitrogen and oxygen atoms in total. The number of hydrogen-bond donors (Lipinski definition) is 1. The van der Waals surface area contributed by atoms with Crippen LogP contribution in [0, 0.1) is 17.0 Å². The van der Waals surface area contributed by atoms with Crippen LogP contribution in [0.25, 0.3) is 0 Å². The number of carbonyl (C=O) groups is 1. The average molecular weight is 470 g/mol. The van der Waals surface area contributed by atoms with Gasteiger partial charge in [-0.3, -0.25) is 4.79 Å². The fraction of sp³-hybridized carbons (Fsp3) is 0.455. The quantitative estimate of drug-likeness (QED) is 0.450. The molecule has 2 heterocycles. The molecule has 4 rings (SSSR count). The number of ether oxygens (including phenoxy) is 1. The molecule has 1 spiro atoms. The zero-order valence-corrected chi connectivity index (χ0v) is 18.2. The number of nitrogens with zero attached hydrogens (tertiary/aromatic N) is 2. The Bertz CT molecular complexity index is 1000. The normalized spacial score (nSPS) is 19.7. The maximum Gasteiger partial charge on any atom is 0.387 e. The summed E-state index contributed by atoms with van der Waals surface area (Å²) in [5.41, 5.74) is 0.142. The Labute approximate surface area is 187 Å². The number of hydrogen-bond acceptors (Lipinski definition) is 5. The van der Waals surface area contributed by atoms with Crippen molar-refractivity contribution in [2.24, 2.45) is 5.41 Å². The fourth-order valence-corrected chi connectivity index (χ4v) is 5.39. The standard InChI is InChI=1S/C22H23F4N3O2S/c1-32-16-12-13(6-10-27-16)28-20(30)19-22(7-2-3-8-22)9-11-29(19)15-5-4-14(23)17(24)18(15)31-21(25)26/h4-6,10,12,19,21H,2-3,7-9,11H2,1H3,(H,27,28,30). The van der Waals surface area contributed by atoms with Gasteiger partial charge in [-0.15, -0.1) is 11.8 Å². The van der Waals surface area contributed by atoms with Crippen molar-refractivity contribution in [3.8, 4) is 5.75 Å². The highest BCUT2D eigenvalue weighted by Gasteiger charge is 2.53. The average Bonchev–Trinajstić information content (AvgIpc) is 3.39. The number of nitrogens with one attached hydrogen (secondary N) is 1. The first-order valence-electron chi connectivity index (χ1n) is 10.3. The number of aromatic nitrogens is 1. The van der Waals surface area contributed by atoms with Crippen LogP contribution in [-0.2, 0) is 4.79 Å². The second-order valence-electron chi connectivity index (χ2n) is 8.08. The third-order valence-electron chi connectivity index (χ3n) is 6.35. The molecule has 1 unspecified atom stereocenters. The van der Waals surface area contributed by atoms with Gasteiger partial charge in [-0.1, -0.05) is 12.8 Å². The molecule has 1 aliphatic heterocycles. The second-order valence-corrected chi connectivity index (χ2v) is 8.91. The van der Waals surface area contributed by atoms with Gasteiger partial charge in [0.2, 0.25) is 11.7 Å². The lowest BCUT2D eigenvalue weighted by atomic mass is 9.78. The molecule has 0 bridgehead atoms. The lowest BCUT2D eigenvalue weighted by Crippen LogP contribution is -2.48. The Kier molecular flexibility index (Phi) is 6.50. The van der Waals surface area contributed by atoms with Crippen molar-refractivity contribution in [1.82, 2.24) is 4.98 Å². The minimum absolute atomic E-state index is 0.0485. The van der Waals surface area contributed by atoms with Crippen LogP contribution in [0.3, 0.4) is 0 Å². The lowest BCUT2D eigenvalue weighted by Gasteiger charge is -2.35. The summed E-state index contributed by atoms with van der Waals surface area (Å²) < 4.78 is 58.6. The van der Waals surface area contributed by atoms with Crippen molar-refractivity contribution < 1.29 is 27.1 Å². The molecule has 0 radical (unpaired) electrons. The number of thioether (sulfide) groups is 1. The number of anilines is 2. The van der Waals surface area contributed by atoms with Crippen molar-refractivity contribution in [1.29, 1.82) is 0 Å². The van der Waals surface area contributed by atoms with E-state index in [1.165, 1.54) is 17.8 Å². The molecule has 1 aromatic carbocycles. The van der Waals surface area contributed by atoms with Gasteiger partial charge >= 0.3 is 6.61 Å². The Hall–Kier alpha value is -2.49. The van der Waals surface area contributed by atoms with E-state index in [2.05, 4.69) is 15.0 Å². The molecule has 1 saturated carbocycles. The van der Waals surface area contributed by atoms with E-state index in [4.69, 9.17) is 0 Å². The van der Waals surface area contributed by atoms with Crippen LogP contribution in [0.1, 0.15) is 32.1 Å². The summed E-state index contributed by atoms with van der Waals surface area (Å²) in [4.78, 5) is 19.3. The first kappa shape index (κ1) is 22.7. The highest BCUT2D eigenvalue weighted by molar-refractivity contribution is 7.98. The predicted octanol–water partition coefficient (Wildman–Crippen LogP) is 5.46. The Morgan fingerprint density at radius 2 is 2.00 bits per heavy atom. The third kappa shape index (κ3) is 4.24. The first-order chi connectivity index (χ1) is 15.3. The van der Waals surface area contributed by atoms with Crippen LogP contribution in [0.5, 0.6) is 5.75 Å². The summed E-state index contributed by atoms with van der Waals surface area (Å²) in [6.07, 6.45) is 7.58. The van der Waals surface area contributed by atoms with Gasteiger partial charge in [0.1, 0.15) is 6.04 Å². The lowest BCUT2D eigenvalue weighted by molar-refractivity contribution is -0.119. The summed E-state index contributed by atoms with van der Waals surface area (Å²) in [5, 5.41) is 3.64. The largest absolute Gasteiger partial charge is 0.429 e. The van der Waals surface area contributed by atoms with Gasteiger partial charge in [0, 0.05) is 23.8 Å². The van der Waals surface area contributed by atoms with Gasteiger partial charge in [0.05, 0.1) is 10.7 Å². The summed E-state index contributed by atoms with van der Waals surface area (Å²) in [7, 11) is 0. The van der Waals surface area contributed by atoms with E-state index in [0.717, 1.165) is 36.8 Å². The first-order valence-corrected chi connectivity index (χ1v) is 11.6. The van der Waals surface area contributed by atoms with Gasteiger partial charge in [-0.2, -0.15) is 13.2 Å². The molecule has 1 atom stereocenters. The molecule has 32 heavy (non-hydrogen) atoms. The van der Waals surface area contributed by atoms with E-state index in [1.807, 2.05) is 6.26 Å². The maximum atomic E-state index is 14.4. The number of halogens is 4. The Morgan fingerprint density at radius 3 is 2.69 bits per heavy atom. The molecule has 172 valence electrons. The Morgan fingerprint density at radius 1 is 1.25 bits per heavy atom. The van der Waals surface area contributed by atoms with Crippen LogP contribution in [-0.4, -0.2) is 36.3 Å². The smallest absolute Gasteiger partial charge is 0.387 e. The van der Waals surface area contributed by atoms with E-state index < -0.39 is 30.0 Å². The molecule has 1 aliphatic carbocycles. The van der Waals surface area contributed by atoms with Gasteiger partial charge in [0.25, 0.3) is 0 Å². The van der Waals surface area contributed by atoms with Gasteiger partial charge in [-0.05, 0) is 49.8 Å². The molecule has 1 aromatic heterocycles. The minimum Gasteiger partial charge on any atom is -0.429 e. The van der Waals surface area contributed by atoms with Gasteiger partial charge in [0.15, 0.2) is 11.6 Å². The molecule has 10 heteroatoms. The van der Waals surface area contributed by atoms with Crippen LogP contribution in [0.4, 0.5) is 28.9 Å². The molecule has 2 aliphatic rings. The number of carbonyl (C=O) groups excluding carboxylic acids is 1. The van der Waals surface area contributed by atoms with E-state index in [1.54, 1.807) is 23.2 Å². The van der Waals surface area contributed by atoms with Crippen LogP contribution in [0.15, 0.2) is 35.5 Å². The van der Waals surface area contributed by atoms with E-state index in [-0.39, 0.29) is 17.0 Å². The summed E-state index contributed by atoms with van der Waals surface area (Å²) in [6.45, 7) is -2.99. The minimum atomic E-state index is -3.33. The van der Waals surface area contributed by atoms with Crippen molar-refractivity contribution in [2.45, 2.75) is 49.8 Å². The van der Waals surface area contributed by atoms with Crippen molar-refractivity contribution in [3.05, 3.63) is 42.1 Å². The molecular formula is C22H23F4N3O2S. The molecule has 1 saturated heterocycles. The van der Waals surface area contributed by atoms with E-state index >= 15 is 0 Å². The molecule has 1 amide bonds. The number of alkyl halides is 2. The SMILES string of the molecule is CSc1cc(NC(=O)C2N(c3ccc(F)c(F)c3OC(F)F)CCC23CCCC3)ccn1. The zero-order chi connectivity index (χ0) is 22.9. The highest BCUT2D eigenvalue weighted by atomic mass is 32.2. The molecule has 2 fully saturated rings. The topological polar surface area (TPSA) is 54.5 Å². The van der Waals surface area contributed by atoms with Crippen molar-refractivity contribution >= 4 is 29.0 Å². The second kappa shape index (κ2) is 9.17. The predicted molar refractivity (Wildman–Crippen MR) is 114 cm³/mol. The number of benzene rings is 1. The van der Waals surface area contributed by atoms with Gasteiger partial charge < -0.3 is 15.0 Å². The van der Waals surface area contributed by atoms with E-state index in [0.29, 0.717) is 18.7 Å². The number of amides is 1. The zero-order valence-electron chi connectivity index (χ0n) is 17.4. The third-order valence-corrected chi connectivity index (χ3v) is 6.99. The van der Waals surface area contributed by atoms with Crippen molar-refractivity contribution in [2.75, 3.05) is 23.0 Å². The van der Waals surface area contributed by atoms with Crippen LogP contribution in [0.2, 0.25) is 0 Å². The molecular weight excluding hydrogens is 446 g/mol. The molecule has 1 N–H and O–H groups in total. The fourth-order valence-electron chi connectivity index (χ4n) is 4.98. The van der Waals surface area contributed by atoms with E-state index in [9.17, 15) is 22.4 Å². The van der Waals surface area contributed by atoms with Gasteiger partial charge in [-0.25, -0.2) is 9.37 Å². The monoisotopic (exact) mass is 469 g/mol. The number of rotatable bonds is 6. The number of pyridine rings is 1. The molecule has 2 aromatic rings. The Balaban J connectivity index is 1.72. The summed E-state index contributed by atoms with van der Waals surface area (Å²) in [6, 6.07) is 4.74. The summed E-state index contributed by atoms with van der Waals surface area (Å²) in [5.74, 6) is -3.98. The summed E-state index contributed by atoms with van der Waals surface area (Å²) >= 11 is 1.43. The highest BCUT2D eigenvalue weighted by Crippen LogP contribution is 2.52. The van der Waals surface area contributed by atoms with Crippen LogP contribution < -0.4 is 15.0 Å². The van der Waals surface area contributed by atoms with Crippen LogP contribution >= 0.6 is 11.8 Å². The van der Waals surface area contributed by atoms with Crippen molar-refractivity contribution in [3.63, 3.8) is 0 Å². The maximum absolute atomic E-state index is 14.4.